The summed E-state index contributed by atoms with van der Waals surface area (Å²) in [6.07, 6.45) is -3.19. The SMILES string of the molecule is COC(=O)C1=C(C)N(c2cccc(C(F)(F)F)c2)C(=O)/C1=C\c1cc(OC)c(OC)c(OC)c1. The molecule has 2 aromatic rings. The second-order valence-corrected chi connectivity index (χ2v) is 7.16. The molecule has 180 valence electrons. The first-order valence-corrected chi connectivity index (χ1v) is 9.90. The van der Waals surface area contributed by atoms with E-state index in [0.29, 0.717) is 22.8 Å². The Balaban J connectivity index is 2.19. The van der Waals surface area contributed by atoms with Crippen molar-refractivity contribution in [2.45, 2.75) is 13.1 Å². The molecule has 1 aliphatic rings. The number of ether oxygens (including phenoxy) is 4. The lowest BCUT2D eigenvalue weighted by Crippen LogP contribution is -2.25. The van der Waals surface area contributed by atoms with Crippen LogP contribution in [0.4, 0.5) is 18.9 Å². The van der Waals surface area contributed by atoms with E-state index in [0.717, 1.165) is 24.1 Å². The van der Waals surface area contributed by atoms with Gasteiger partial charge in [0.05, 0.1) is 45.1 Å². The van der Waals surface area contributed by atoms with Crippen molar-refractivity contribution < 1.29 is 41.7 Å². The molecule has 3 rings (SSSR count). The van der Waals surface area contributed by atoms with Crippen molar-refractivity contribution in [3.63, 3.8) is 0 Å². The van der Waals surface area contributed by atoms with Crippen molar-refractivity contribution in [1.82, 2.24) is 0 Å². The minimum atomic E-state index is -4.60. The highest BCUT2D eigenvalue weighted by atomic mass is 19.4. The predicted molar refractivity (Wildman–Crippen MR) is 118 cm³/mol. The third kappa shape index (κ3) is 4.43. The number of nitrogens with zero attached hydrogens (tertiary/aromatic N) is 1. The van der Waals surface area contributed by atoms with E-state index in [2.05, 4.69) is 0 Å². The smallest absolute Gasteiger partial charge is 0.416 e. The second-order valence-electron chi connectivity index (χ2n) is 7.16. The second kappa shape index (κ2) is 9.50. The number of hydrogen-bond acceptors (Lipinski definition) is 6. The number of benzene rings is 2. The van der Waals surface area contributed by atoms with E-state index in [1.54, 1.807) is 12.1 Å². The number of carbonyl (C=O) groups excluding carboxylic acids is 2. The van der Waals surface area contributed by atoms with Crippen molar-refractivity contribution in [3.05, 3.63) is 64.4 Å². The average Bonchev–Trinajstić information content (AvgIpc) is 3.06. The van der Waals surface area contributed by atoms with Gasteiger partial charge in [0.15, 0.2) is 11.5 Å². The molecule has 0 unspecified atom stereocenters. The highest BCUT2D eigenvalue weighted by molar-refractivity contribution is 6.23. The van der Waals surface area contributed by atoms with Gasteiger partial charge in [-0.05, 0) is 48.9 Å². The Morgan fingerprint density at radius 1 is 0.971 bits per heavy atom. The lowest BCUT2D eigenvalue weighted by atomic mass is 10.0. The van der Waals surface area contributed by atoms with E-state index in [-0.39, 0.29) is 22.5 Å². The van der Waals surface area contributed by atoms with Crippen LogP contribution in [0.3, 0.4) is 0 Å². The largest absolute Gasteiger partial charge is 0.493 e. The van der Waals surface area contributed by atoms with Gasteiger partial charge in [-0.1, -0.05) is 6.07 Å². The van der Waals surface area contributed by atoms with Crippen LogP contribution in [0.25, 0.3) is 6.08 Å². The Labute approximate surface area is 194 Å². The number of esters is 1. The van der Waals surface area contributed by atoms with Gasteiger partial charge in [-0.25, -0.2) is 4.79 Å². The summed E-state index contributed by atoms with van der Waals surface area (Å²) >= 11 is 0. The summed E-state index contributed by atoms with van der Waals surface area (Å²) in [5, 5.41) is 0. The fraction of sp³-hybridized carbons (Fsp3) is 0.250. The van der Waals surface area contributed by atoms with Gasteiger partial charge in [0.1, 0.15) is 0 Å². The Bertz CT molecular complexity index is 1170. The zero-order valence-electron chi connectivity index (χ0n) is 19.1. The molecule has 1 aliphatic heterocycles. The van der Waals surface area contributed by atoms with E-state index < -0.39 is 23.6 Å². The fourth-order valence-corrected chi connectivity index (χ4v) is 3.66. The van der Waals surface area contributed by atoms with Crippen molar-refractivity contribution in [2.24, 2.45) is 0 Å². The Morgan fingerprint density at radius 3 is 2.09 bits per heavy atom. The number of allylic oxidation sites excluding steroid dienone is 1. The molecule has 10 heteroatoms. The number of alkyl halides is 3. The molecule has 0 fully saturated rings. The van der Waals surface area contributed by atoms with E-state index in [4.69, 9.17) is 18.9 Å². The molecule has 0 spiro atoms. The first-order valence-electron chi connectivity index (χ1n) is 9.90. The molecule has 0 aromatic heterocycles. The Morgan fingerprint density at radius 2 is 1.59 bits per heavy atom. The molecule has 0 saturated heterocycles. The zero-order valence-corrected chi connectivity index (χ0v) is 19.1. The van der Waals surface area contributed by atoms with Crippen LogP contribution >= 0.6 is 0 Å². The topological polar surface area (TPSA) is 74.3 Å². The molecule has 1 amide bonds. The minimum Gasteiger partial charge on any atom is -0.493 e. The number of hydrogen-bond donors (Lipinski definition) is 0. The first-order chi connectivity index (χ1) is 16.1. The summed E-state index contributed by atoms with van der Waals surface area (Å²) in [7, 11) is 5.44. The van der Waals surface area contributed by atoms with E-state index in [1.165, 1.54) is 46.5 Å². The van der Waals surface area contributed by atoms with Gasteiger partial charge in [-0.2, -0.15) is 13.2 Å². The zero-order chi connectivity index (χ0) is 25.2. The predicted octanol–water partition coefficient (Wildman–Crippen LogP) is 4.61. The van der Waals surface area contributed by atoms with E-state index in [1.807, 2.05) is 0 Å². The van der Waals surface area contributed by atoms with Crippen molar-refractivity contribution in [3.8, 4) is 17.2 Å². The average molecular weight is 477 g/mol. The summed E-state index contributed by atoms with van der Waals surface area (Å²) in [4.78, 5) is 27.0. The first kappa shape index (κ1) is 24.7. The molecule has 0 N–H and O–H groups in total. The van der Waals surface area contributed by atoms with Crippen LogP contribution in [0.15, 0.2) is 53.2 Å². The minimum absolute atomic E-state index is 0.0352. The quantitative estimate of drug-likeness (QED) is 0.447. The van der Waals surface area contributed by atoms with Crippen LogP contribution in [0, 0.1) is 0 Å². The molecule has 1 heterocycles. The lowest BCUT2D eigenvalue weighted by molar-refractivity contribution is -0.137. The number of amides is 1. The maximum absolute atomic E-state index is 13.4. The maximum Gasteiger partial charge on any atom is 0.416 e. The van der Waals surface area contributed by atoms with Crippen LogP contribution in [0.2, 0.25) is 0 Å². The molecule has 0 radical (unpaired) electrons. The summed E-state index contributed by atoms with van der Waals surface area (Å²) in [5.74, 6) is -0.538. The fourth-order valence-electron chi connectivity index (χ4n) is 3.66. The molecular formula is C24H22F3NO6. The van der Waals surface area contributed by atoms with Gasteiger partial charge in [0.25, 0.3) is 5.91 Å². The maximum atomic E-state index is 13.4. The van der Waals surface area contributed by atoms with Crippen molar-refractivity contribution in [1.29, 1.82) is 0 Å². The standard InChI is InChI=1S/C24H22F3NO6/c1-13-20(23(30)34-5)17(9-14-10-18(31-2)21(33-4)19(11-14)32-3)22(29)28(13)16-8-6-7-15(12-16)24(25,26)27/h6-12H,1-5H3/b17-9-. The van der Waals surface area contributed by atoms with Crippen LogP contribution in [-0.2, 0) is 20.5 Å². The van der Waals surface area contributed by atoms with Crippen LogP contribution in [0.5, 0.6) is 17.2 Å². The van der Waals surface area contributed by atoms with Crippen molar-refractivity contribution in [2.75, 3.05) is 33.3 Å². The Kier molecular flexibility index (Phi) is 6.90. The van der Waals surface area contributed by atoms with Crippen LogP contribution in [0.1, 0.15) is 18.1 Å². The summed E-state index contributed by atoms with van der Waals surface area (Å²) in [5.41, 5.74) is -0.526. The summed E-state index contributed by atoms with van der Waals surface area (Å²) < 4.78 is 60.5. The number of rotatable bonds is 6. The van der Waals surface area contributed by atoms with Gasteiger partial charge in [-0.15, -0.1) is 0 Å². The molecule has 0 atom stereocenters. The normalized spacial score (nSPS) is 15.1. The lowest BCUT2D eigenvalue weighted by Gasteiger charge is -2.19. The van der Waals surface area contributed by atoms with Crippen molar-refractivity contribution >= 4 is 23.6 Å². The highest BCUT2D eigenvalue weighted by Gasteiger charge is 2.39. The van der Waals surface area contributed by atoms with Gasteiger partial charge >= 0.3 is 12.1 Å². The van der Waals surface area contributed by atoms with Gasteiger partial charge in [-0.3, -0.25) is 9.69 Å². The van der Waals surface area contributed by atoms with E-state index >= 15 is 0 Å². The van der Waals surface area contributed by atoms with Crippen LogP contribution in [-0.4, -0.2) is 40.3 Å². The third-order valence-corrected chi connectivity index (χ3v) is 5.22. The Hall–Kier alpha value is -3.95. The molecule has 2 aromatic carbocycles. The number of carbonyl (C=O) groups is 2. The molecule has 7 nitrogen and oxygen atoms in total. The monoisotopic (exact) mass is 477 g/mol. The molecule has 0 aliphatic carbocycles. The molecule has 0 saturated carbocycles. The molecule has 0 bridgehead atoms. The summed E-state index contributed by atoms with van der Waals surface area (Å²) in [6.45, 7) is 1.46. The molecular weight excluding hydrogens is 455 g/mol. The highest BCUT2D eigenvalue weighted by Crippen LogP contribution is 2.41. The number of halogens is 3. The number of anilines is 1. The third-order valence-electron chi connectivity index (χ3n) is 5.22. The van der Waals surface area contributed by atoms with Crippen LogP contribution < -0.4 is 19.1 Å². The number of methoxy groups -OCH3 is 4. The van der Waals surface area contributed by atoms with Gasteiger partial charge in [0.2, 0.25) is 5.75 Å². The van der Waals surface area contributed by atoms with E-state index in [9.17, 15) is 22.8 Å². The molecule has 34 heavy (non-hydrogen) atoms. The van der Waals surface area contributed by atoms with Gasteiger partial charge < -0.3 is 18.9 Å². The van der Waals surface area contributed by atoms with Gasteiger partial charge in [0, 0.05) is 11.4 Å². The summed E-state index contributed by atoms with van der Waals surface area (Å²) in [6, 6.07) is 7.43.